The average molecular weight is 276 g/mol. The van der Waals surface area contributed by atoms with Gasteiger partial charge in [0.25, 0.3) is 0 Å². The Balaban J connectivity index is 4.43. The Morgan fingerprint density at radius 1 is 0.812 bits per heavy atom. The van der Waals surface area contributed by atoms with Crippen molar-refractivity contribution in [2.45, 2.75) is 25.2 Å². The molecule has 10 heteroatoms. The topological polar surface area (TPSA) is 57.5 Å². The van der Waals surface area contributed by atoms with Crippen molar-refractivity contribution in [1.82, 2.24) is 0 Å². The summed E-state index contributed by atoms with van der Waals surface area (Å²) < 4.78 is 98.6. The quantitative estimate of drug-likeness (QED) is 0.776. The number of halogens is 6. The molecule has 0 aromatic heterocycles. The molecule has 0 radical (unpaired) electrons. The third kappa shape index (κ3) is 8.92. The van der Waals surface area contributed by atoms with Crippen LogP contribution in [0.2, 0.25) is 0 Å². The van der Waals surface area contributed by atoms with Crippen LogP contribution < -0.4 is 0 Å². The van der Waals surface area contributed by atoms with Crippen LogP contribution in [0.3, 0.4) is 0 Å². The molecule has 0 saturated carbocycles. The summed E-state index contributed by atoms with van der Waals surface area (Å²) in [6.07, 6.45) is -13.3. The molecule has 0 heterocycles. The molecule has 0 unspecified atom stereocenters. The second-order valence-electron chi connectivity index (χ2n) is 3.33. The largest absolute Gasteiger partial charge is 0.390 e. The lowest BCUT2D eigenvalue weighted by atomic mass is 10.5. The van der Waals surface area contributed by atoms with Crippen LogP contribution in [0.1, 0.15) is 12.8 Å². The first-order valence-electron chi connectivity index (χ1n) is 3.95. The van der Waals surface area contributed by atoms with Gasteiger partial charge in [-0.2, -0.15) is 26.3 Å². The van der Waals surface area contributed by atoms with Gasteiger partial charge in [0.1, 0.15) is 0 Å². The highest BCUT2D eigenvalue weighted by Gasteiger charge is 2.40. The molecular weight excluding hydrogens is 266 g/mol. The first-order valence-corrected chi connectivity index (χ1v) is 6.17. The van der Waals surface area contributed by atoms with E-state index in [0.29, 0.717) is 0 Å². The van der Waals surface area contributed by atoms with Gasteiger partial charge in [-0.05, 0) is 0 Å². The third-order valence-electron chi connectivity index (χ3n) is 1.59. The van der Waals surface area contributed by atoms with Crippen LogP contribution >= 0.6 is 0 Å². The molecule has 0 bridgehead atoms. The molecule has 0 aromatic rings. The molecule has 0 aliphatic heterocycles. The molecule has 100 valence electrons. The van der Waals surface area contributed by atoms with E-state index in [0.717, 1.165) is 0 Å². The van der Waals surface area contributed by atoms with Crippen molar-refractivity contribution in [2.75, 3.05) is 11.5 Å². The first kappa shape index (κ1) is 15.7. The summed E-state index contributed by atoms with van der Waals surface area (Å²) in [5.74, 6) is -3.28. The van der Waals surface area contributed by atoms with Gasteiger partial charge in [0.2, 0.25) is 0 Å². The minimum Gasteiger partial charge on any atom is -0.308 e. The predicted molar refractivity (Wildman–Crippen MR) is 44.5 cm³/mol. The number of rotatable bonds is 4. The van der Waals surface area contributed by atoms with E-state index < -0.39 is 46.3 Å². The minimum atomic E-state index is -5.83. The predicted octanol–water partition coefficient (Wildman–Crippen LogP) is 2.66. The maximum absolute atomic E-state index is 11.7. The summed E-state index contributed by atoms with van der Waals surface area (Å²) in [7, 11) is -5.83. The summed E-state index contributed by atoms with van der Waals surface area (Å²) in [5.41, 5.74) is 0. The molecule has 0 spiro atoms. The van der Waals surface area contributed by atoms with Gasteiger partial charge < -0.3 is 9.11 Å². The van der Waals surface area contributed by atoms with Crippen molar-refractivity contribution < 1.29 is 39.7 Å². The number of hydrogen-bond acceptors (Lipinski definition) is 1. The Bertz CT molecular complexity index is 276. The Hall–Kier alpha value is -0.350. The van der Waals surface area contributed by atoms with Crippen LogP contribution in [0.15, 0.2) is 0 Å². The van der Waals surface area contributed by atoms with Gasteiger partial charge in [0.05, 0.1) is 34.0 Å². The molecule has 2 N–H and O–H groups in total. The SMILES string of the molecule is O=S(O)(O)(CCC(F)(F)F)CCC(F)(F)F. The van der Waals surface area contributed by atoms with Crippen molar-refractivity contribution in [3.05, 3.63) is 0 Å². The van der Waals surface area contributed by atoms with Crippen LogP contribution in [-0.4, -0.2) is 37.2 Å². The molecule has 0 aliphatic carbocycles. The minimum absolute atomic E-state index is 1.64. The van der Waals surface area contributed by atoms with E-state index in [1.165, 1.54) is 0 Å². The van der Waals surface area contributed by atoms with E-state index in [9.17, 15) is 30.6 Å². The van der Waals surface area contributed by atoms with Crippen molar-refractivity contribution in [1.29, 1.82) is 0 Å². The van der Waals surface area contributed by atoms with Crippen molar-refractivity contribution in [2.24, 2.45) is 0 Å². The molecular formula is C6H10F6O3S. The maximum Gasteiger partial charge on any atom is 0.390 e. The monoisotopic (exact) mass is 276 g/mol. The summed E-state index contributed by atoms with van der Waals surface area (Å²) >= 11 is 0. The molecule has 0 aromatic carbocycles. The molecule has 16 heavy (non-hydrogen) atoms. The van der Waals surface area contributed by atoms with Gasteiger partial charge in [-0.1, -0.05) is 0 Å². The maximum atomic E-state index is 11.7. The fourth-order valence-electron chi connectivity index (χ4n) is 0.744. The highest BCUT2D eigenvalue weighted by atomic mass is 32.3. The van der Waals surface area contributed by atoms with Gasteiger partial charge in [0.15, 0.2) is 0 Å². The fraction of sp³-hybridized carbons (Fsp3) is 1.00. The summed E-state index contributed by atoms with van der Waals surface area (Å²) in [6, 6.07) is 0. The van der Waals surface area contributed by atoms with Crippen LogP contribution in [-0.2, 0) is 9.63 Å². The fourth-order valence-corrected chi connectivity index (χ4v) is 2.23. The lowest BCUT2D eigenvalue weighted by Crippen LogP contribution is -2.41. The van der Waals surface area contributed by atoms with E-state index >= 15 is 0 Å². The normalized spacial score (nSPS) is 16.9. The zero-order valence-electron chi connectivity index (χ0n) is 7.81. The van der Waals surface area contributed by atoms with Crippen molar-refractivity contribution in [3.63, 3.8) is 0 Å². The van der Waals surface area contributed by atoms with E-state index in [-0.39, 0.29) is 0 Å². The van der Waals surface area contributed by atoms with Crippen LogP contribution in [0.5, 0.6) is 0 Å². The molecule has 0 atom stereocenters. The standard InChI is InChI=1S/C6H10F6O3S/c7-5(8,9)1-3-16(13,14,15)4-2-6(10,11)12/h1-4H2,(H2,13,14,15). The molecule has 0 saturated heterocycles. The Morgan fingerprint density at radius 2 is 1.06 bits per heavy atom. The van der Waals surface area contributed by atoms with Crippen molar-refractivity contribution in [3.8, 4) is 0 Å². The third-order valence-corrected chi connectivity index (χ3v) is 3.64. The lowest BCUT2D eigenvalue weighted by molar-refractivity contribution is -0.131. The second kappa shape index (κ2) is 4.15. The number of hydrogen-bond donors (Lipinski definition) is 2. The Kier molecular flexibility index (Phi) is 4.06. The van der Waals surface area contributed by atoms with Gasteiger partial charge in [-0.15, -0.1) is 0 Å². The summed E-state index contributed by atoms with van der Waals surface area (Å²) in [4.78, 5) is 0. The van der Waals surface area contributed by atoms with Crippen LogP contribution in [0.25, 0.3) is 0 Å². The average Bonchev–Trinajstić information content (AvgIpc) is 1.96. The zero-order valence-corrected chi connectivity index (χ0v) is 8.62. The second-order valence-corrected chi connectivity index (χ2v) is 6.52. The molecule has 0 amide bonds. The van der Waals surface area contributed by atoms with Gasteiger partial charge >= 0.3 is 12.4 Å². The summed E-state index contributed by atoms with van der Waals surface area (Å²) in [6.45, 7) is 0. The van der Waals surface area contributed by atoms with E-state index in [1.807, 2.05) is 0 Å². The van der Waals surface area contributed by atoms with Gasteiger partial charge in [-0.25, -0.2) is 4.21 Å². The van der Waals surface area contributed by atoms with E-state index in [2.05, 4.69) is 0 Å². The van der Waals surface area contributed by atoms with Crippen molar-refractivity contribution >= 4 is 9.63 Å². The van der Waals surface area contributed by atoms with Gasteiger partial charge in [-0.3, -0.25) is 0 Å². The molecule has 0 rings (SSSR count). The molecule has 3 nitrogen and oxygen atoms in total. The Labute approximate surface area is 86.9 Å². The zero-order chi connectivity index (χ0) is 13.3. The van der Waals surface area contributed by atoms with E-state index in [4.69, 9.17) is 9.11 Å². The molecule has 0 fully saturated rings. The lowest BCUT2D eigenvalue weighted by Gasteiger charge is -2.31. The smallest absolute Gasteiger partial charge is 0.308 e. The highest BCUT2D eigenvalue weighted by molar-refractivity contribution is 8.10. The first-order chi connectivity index (χ1) is 6.68. The summed E-state index contributed by atoms with van der Waals surface area (Å²) in [5, 5.41) is 0. The van der Waals surface area contributed by atoms with Crippen LogP contribution in [0.4, 0.5) is 26.3 Å². The van der Waals surface area contributed by atoms with Gasteiger partial charge in [0, 0.05) is 0 Å². The highest BCUT2D eigenvalue weighted by Crippen LogP contribution is 2.30. The van der Waals surface area contributed by atoms with Crippen LogP contribution in [0, 0.1) is 0 Å². The van der Waals surface area contributed by atoms with E-state index in [1.54, 1.807) is 0 Å². The molecule has 0 aliphatic rings. The Morgan fingerprint density at radius 3 is 1.25 bits per heavy atom. The number of alkyl halides is 6.